The molecule has 0 radical (unpaired) electrons. The summed E-state index contributed by atoms with van der Waals surface area (Å²) in [5, 5.41) is 16.1. The van der Waals surface area contributed by atoms with Crippen LogP contribution in [0.2, 0.25) is 0 Å². The number of carbonyl (C=O) groups excluding carboxylic acids is 8. The Hall–Kier alpha value is -5.56. The highest BCUT2D eigenvalue weighted by atomic mass is 16.5. The molecule has 0 bridgehead atoms. The van der Waals surface area contributed by atoms with Crippen LogP contribution in [-0.4, -0.2) is 117 Å². The third kappa shape index (κ3) is 20.6. The van der Waals surface area contributed by atoms with Crippen LogP contribution in [0, 0.1) is 11.3 Å². The number of unbranched alkanes of at least 4 members (excludes halogenated alkanes) is 2. The second-order valence-electron chi connectivity index (χ2n) is 15.2. The maximum atomic E-state index is 13.4. The zero-order valence-electron chi connectivity index (χ0n) is 34.8. The first-order valence-corrected chi connectivity index (χ1v) is 19.9. The second kappa shape index (κ2) is 26.4. The molecule has 1 aliphatic heterocycles. The van der Waals surface area contributed by atoms with E-state index in [1.54, 1.807) is 38.1 Å². The fraction of sp³-hybridized carbons (Fsp3) is 0.600. The van der Waals surface area contributed by atoms with Gasteiger partial charge in [-0.2, -0.15) is 0 Å². The number of benzene rings is 1. The molecular formula is C40H62N8O11. The molecule has 2 rings (SSSR count). The van der Waals surface area contributed by atoms with Crippen molar-refractivity contribution >= 4 is 53.3 Å². The van der Waals surface area contributed by atoms with Gasteiger partial charge in [-0.15, -0.1) is 0 Å². The predicted molar refractivity (Wildman–Crippen MR) is 217 cm³/mol. The van der Waals surface area contributed by atoms with Gasteiger partial charge in [-0.1, -0.05) is 53.2 Å². The summed E-state index contributed by atoms with van der Waals surface area (Å²) in [7, 11) is 0. The van der Waals surface area contributed by atoms with Gasteiger partial charge in [-0.05, 0) is 49.3 Å². The SMILES string of the molecule is CC(C)C(NC(=O)CCCCCN1C(=O)C=CC1=O)C(=O)N[C@H](CCCNC(N)=O)C(=O)Nc1ccc(COC(=O)NCCOCCOCCNC(=O)C(C)(C)C)cc1. The molecule has 0 saturated heterocycles. The Kier molecular flexibility index (Phi) is 22.2. The maximum absolute atomic E-state index is 13.4. The van der Waals surface area contributed by atoms with Gasteiger partial charge in [-0.25, -0.2) is 9.59 Å². The van der Waals surface area contributed by atoms with Crippen molar-refractivity contribution in [2.24, 2.45) is 17.1 Å². The second-order valence-corrected chi connectivity index (χ2v) is 15.2. The molecule has 19 nitrogen and oxygen atoms in total. The lowest BCUT2D eigenvalue weighted by atomic mass is 9.96. The molecule has 1 heterocycles. The summed E-state index contributed by atoms with van der Waals surface area (Å²) < 4.78 is 16.1. The molecule has 0 saturated carbocycles. The van der Waals surface area contributed by atoms with Crippen LogP contribution in [0.4, 0.5) is 15.3 Å². The third-order valence-electron chi connectivity index (χ3n) is 8.75. The van der Waals surface area contributed by atoms with Crippen molar-refractivity contribution in [1.82, 2.24) is 31.5 Å². The molecule has 0 spiro atoms. The molecule has 0 fully saturated rings. The first-order chi connectivity index (χ1) is 28.0. The zero-order valence-corrected chi connectivity index (χ0v) is 34.8. The summed E-state index contributed by atoms with van der Waals surface area (Å²) in [5.41, 5.74) is 5.77. The highest BCUT2D eigenvalue weighted by Gasteiger charge is 2.29. The number of hydrogen-bond acceptors (Lipinski definition) is 11. The van der Waals surface area contributed by atoms with Crippen molar-refractivity contribution in [3.05, 3.63) is 42.0 Å². The van der Waals surface area contributed by atoms with E-state index in [-0.39, 0.29) is 75.2 Å². The Morgan fingerprint density at radius 3 is 1.97 bits per heavy atom. The van der Waals surface area contributed by atoms with Gasteiger partial charge in [0.15, 0.2) is 0 Å². The number of carbonyl (C=O) groups is 8. The number of imide groups is 1. The molecule has 8 N–H and O–H groups in total. The number of rotatable bonds is 27. The Morgan fingerprint density at radius 1 is 0.746 bits per heavy atom. The van der Waals surface area contributed by atoms with Crippen molar-refractivity contribution in [2.45, 2.75) is 91.8 Å². The number of hydrogen-bond donors (Lipinski definition) is 7. The number of nitrogens with one attached hydrogen (secondary N) is 6. The van der Waals surface area contributed by atoms with E-state index in [0.29, 0.717) is 63.3 Å². The molecule has 9 amide bonds. The number of nitrogens with zero attached hydrogens (tertiary/aromatic N) is 1. The number of urea groups is 1. The Labute approximate surface area is 345 Å². The number of anilines is 1. The van der Waals surface area contributed by atoms with Crippen LogP contribution < -0.4 is 37.6 Å². The lowest BCUT2D eigenvalue weighted by molar-refractivity contribution is -0.137. The molecule has 19 heteroatoms. The fourth-order valence-corrected chi connectivity index (χ4v) is 5.38. The largest absolute Gasteiger partial charge is 0.445 e. The minimum Gasteiger partial charge on any atom is -0.445 e. The van der Waals surface area contributed by atoms with Crippen molar-refractivity contribution in [2.75, 3.05) is 57.9 Å². The van der Waals surface area contributed by atoms with E-state index in [9.17, 15) is 38.4 Å². The average molecular weight is 831 g/mol. The van der Waals surface area contributed by atoms with Gasteiger partial charge < -0.3 is 51.8 Å². The number of amides is 9. The first kappa shape index (κ1) is 49.6. The molecule has 1 aliphatic rings. The maximum Gasteiger partial charge on any atom is 0.407 e. The summed E-state index contributed by atoms with van der Waals surface area (Å²) in [4.78, 5) is 99.3. The van der Waals surface area contributed by atoms with E-state index >= 15 is 0 Å². The van der Waals surface area contributed by atoms with Crippen molar-refractivity contribution in [3.63, 3.8) is 0 Å². The summed E-state index contributed by atoms with van der Waals surface area (Å²) >= 11 is 0. The molecular weight excluding hydrogens is 768 g/mol. The molecule has 328 valence electrons. The summed E-state index contributed by atoms with van der Waals surface area (Å²) in [6.07, 6.45) is 3.99. The lowest BCUT2D eigenvalue weighted by Crippen LogP contribution is -2.54. The summed E-state index contributed by atoms with van der Waals surface area (Å²) in [6, 6.07) is 3.86. The van der Waals surface area contributed by atoms with E-state index in [1.807, 2.05) is 20.8 Å². The van der Waals surface area contributed by atoms with Crippen LogP contribution in [0.3, 0.4) is 0 Å². The van der Waals surface area contributed by atoms with E-state index < -0.39 is 41.4 Å². The normalized spacial score (nSPS) is 13.4. The smallest absolute Gasteiger partial charge is 0.407 e. The van der Waals surface area contributed by atoms with Gasteiger partial charge in [0, 0.05) is 55.9 Å². The lowest BCUT2D eigenvalue weighted by Gasteiger charge is -2.25. The molecule has 0 aromatic heterocycles. The van der Waals surface area contributed by atoms with Gasteiger partial charge in [0.1, 0.15) is 18.7 Å². The minimum absolute atomic E-state index is 0.0350. The number of nitrogens with two attached hydrogens (primary N) is 1. The average Bonchev–Trinajstić information content (AvgIpc) is 3.50. The fourth-order valence-electron chi connectivity index (χ4n) is 5.38. The Balaban J connectivity index is 1.78. The van der Waals surface area contributed by atoms with E-state index in [2.05, 4.69) is 31.9 Å². The Bertz CT molecular complexity index is 1580. The molecule has 0 aliphatic carbocycles. The van der Waals surface area contributed by atoms with Crippen LogP contribution in [0.5, 0.6) is 0 Å². The number of alkyl carbamates (subject to hydrolysis) is 1. The minimum atomic E-state index is -1.03. The summed E-state index contributed by atoms with van der Waals surface area (Å²) in [6.45, 7) is 11.3. The van der Waals surface area contributed by atoms with E-state index in [4.69, 9.17) is 19.9 Å². The molecule has 59 heavy (non-hydrogen) atoms. The van der Waals surface area contributed by atoms with Gasteiger partial charge in [0.25, 0.3) is 11.8 Å². The van der Waals surface area contributed by atoms with Gasteiger partial charge in [0.2, 0.25) is 23.6 Å². The topological polar surface area (TPSA) is 266 Å². The van der Waals surface area contributed by atoms with Crippen molar-refractivity contribution in [3.8, 4) is 0 Å². The van der Waals surface area contributed by atoms with Crippen LogP contribution in [-0.2, 0) is 49.6 Å². The number of primary amides is 1. The molecule has 1 unspecified atom stereocenters. The van der Waals surface area contributed by atoms with E-state index in [1.165, 1.54) is 12.2 Å². The standard InChI is InChI=1S/C40H62N8O11/c1-27(2)34(47-31(49)11-7-6-8-21-48-32(50)16-17-33(48)51)36(53)46-30(10-9-18-43-38(41)55)35(52)45-29-14-12-28(13-15-29)26-59-39(56)44-20-23-58-25-24-57-22-19-42-37(54)40(3,4)5/h12-17,27,30,34H,6-11,18-26H2,1-5H3,(H,42,54)(H,44,56)(H,45,52)(H,46,53)(H,47,49)(H3,41,43,55)/t30-,34?/m1/s1. The highest BCUT2D eigenvalue weighted by molar-refractivity contribution is 6.12. The molecule has 2 atom stereocenters. The van der Waals surface area contributed by atoms with Crippen LogP contribution in [0.25, 0.3) is 0 Å². The number of ether oxygens (including phenoxy) is 3. The zero-order chi connectivity index (χ0) is 43.8. The van der Waals surface area contributed by atoms with E-state index in [0.717, 1.165) is 4.90 Å². The van der Waals surface area contributed by atoms with Gasteiger partial charge >= 0.3 is 12.1 Å². The first-order valence-electron chi connectivity index (χ1n) is 19.9. The molecule has 1 aromatic rings. The third-order valence-corrected chi connectivity index (χ3v) is 8.75. The van der Waals surface area contributed by atoms with Gasteiger partial charge in [0.05, 0.1) is 26.4 Å². The monoisotopic (exact) mass is 830 g/mol. The highest BCUT2D eigenvalue weighted by Crippen LogP contribution is 2.14. The van der Waals surface area contributed by atoms with Crippen molar-refractivity contribution < 1.29 is 52.6 Å². The van der Waals surface area contributed by atoms with Crippen LogP contribution in [0.15, 0.2) is 36.4 Å². The molecule has 1 aromatic carbocycles. The van der Waals surface area contributed by atoms with Crippen LogP contribution in [0.1, 0.15) is 78.7 Å². The summed E-state index contributed by atoms with van der Waals surface area (Å²) in [5.74, 6) is -2.52. The van der Waals surface area contributed by atoms with Gasteiger partial charge in [-0.3, -0.25) is 33.7 Å². The quantitative estimate of drug-likeness (QED) is 0.0495. The predicted octanol–water partition coefficient (Wildman–Crippen LogP) is 1.61. The Morgan fingerprint density at radius 2 is 1.37 bits per heavy atom. The van der Waals surface area contributed by atoms with Crippen LogP contribution >= 0.6 is 0 Å². The van der Waals surface area contributed by atoms with Crippen molar-refractivity contribution in [1.29, 1.82) is 0 Å².